The zero-order valence-corrected chi connectivity index (χ0v) is 37.3. The van der Waals surface area contributed by atoms with Gasteiger partial charge in [0.15, 0.2) is 11.4 Å². The van der Waals surface area contributed by atoms with E-state index in [1.54, 1.807) is 24.4 Å². The van der Waals surface area contributed by atoms with Gasteiger partial charge in [0.05, 0.1) is 60.8 Å². The molecule has 21 heteroatoms. The molecule has 354 valence electrons. The number of piperazine rings is 1. The second kappa shape index (κ2) is 20.7. The lowest BCUT2D eigenvalue weighted by Gasteiger charge is -2.36. The van der Waals surface area contributed by atoms with Crippen molar-refractivity contribution in [3.05, 3.63) is 101 Å². The molecule has 0 radical (unpaired) electrons. The van der Waals surface area contributed by atoms with Gasteiger partial charge in [0.1, 0.15) is 18.1 Å². The minimum absolute atomic E-state index is 0.0165. The number of benzene rings is 2. The second-order valence-electron chi connectivity index (χ2n) is 17.0. The fraction of sp³-hybridized carbons (Fsp3) is 0.383. The van der Waals surface area contributed by atoms with Gasteiger partial charge in [-0.3, -0.25) is 43.9 Å². The molecule has 2 aromatic carbocycles. The number of piperidine rings is 1. The van der Waals surface area contributed by atoms with E-state index in [9.17, 15) is 28.8 Å². The summed E-state index contributed by atoms with van der Waals surface area (Å²) in [6, 6.07) is 15.3. The number of nitrogens with one attached hydrogen (secondary N) is 4. The number of amides is 6. The van der Waals surface area contributed by atoms with Gasteiger partial charge in [-0.2, -0.15) is 5.10 Å². The maximum Gasteiger partial charge on any atom is 0.277 e. The van der Waals surface area contributed by atoms with E-state index in [0.717, 1.165) is 36.6 Å². The van der Waals surface area contributed by atoms with E-state index in [2.05, 4.69) is 46.1 Å². The molecule has 3 aromatic heterocycles. The normalized spacial score (nSPS) is 17.4. The molecular weight excluding hydrogens is 877 g/mol. The summed E-state index contributed by atoms with van der Waals surface area (Å²) in [5, 5.41) is 15.9. The highest BCUT2D eigenvalue weighted by Crippen LogP contribution is 2.35. The van der Waals surface area contributed by atoms with Crippen molar-refractivity contribution in [1.82, 2.24) is 40.2 Å². The monoisotopic (exact) mass is 928 g/mol. The van der Waals surface area contributed by atoms with E-state index in [0.29, 0.717) is 86.8 Å². The van der Waals surface area contributed by atoms with Crippen molar-refractivity contribution in [2.45, 2.75) is 38.3 Å². The van der Waals surface area contributed by atoms with Gasteiger partial charge in [0, 0.05) is 70.5 Å². The van der Waals surface area contributed by atoms with Crippen molar-refractivity contribution in [2.24, 2.45) is 11.7 Å². The number of nitrogens with two attached hydrogens (primary N) is 1. The van der Waals surface area contributed by atoms with E-state index in [-0.39, 0.29) is 41.4 Å². The van der Waals surface area contributed by atoms with Crippen LogP contribution in [0, 0.1) is 5.92 Å². The van der Waals surface area contributed by atoms with Crippen LogP contribution in [0.1, 0.15) is 72.9 Å². The molecule has 1 atom stereocenters. The first-order valence-corrected chi connectivity index (χ1v) is 22.7. The average Bonchev–Trinajstić information content (AvgIpc) is 3.75. The molecular formula is C47H52N12O9. The largest absolute Gasteiger partial charge is 0.444 e. The molecule has 6 amide bonds. The molecule has 5 aromatic rings. The third-order valence-corrected chi connectivity index (χ3v) is 12.2. The molecule has 6 N–H and O–H groups in total. The smallest absolute Gasteiger partial charge is 0.277 e. The molecule has 3 fully saturated rings. The molecule has 1 unspecified atom stereocenters. The maximum atomic E-state index is 13.5. The minimum atomic E-state index is -1.00. The Morgan fingerprint density at radius 1 is 0.912 bits per heavy atom. The van der Waals surface area contributed by atoms with Crippen molar-refractivity contribution in [1.29, 1.82) is 0 Å². The zero-order valence-electron chi connectivity index (χ0n) is 37.3. The van der Waals surface area contributed by atoms with Crippen molar-refractivity contribution >= 4 is 52.6 Å². The number of carbonyl (C=O) groups excluding carboxylic acids is 6. The number of ether oxygens (including phenoxy) is 2. The second-order valence-corrected chi connectivity index (χ2v) is 17.0. The quantitative estimate of drug-likeness (QED) is 0.0523. The number of pyridine rings is 1. The first kappa shape index (κ1) is 45.8. The molecule has 0 bridgehead atoms. The van der Waals surface area contributed by atoms with Crippen molar-refractivity contribution in [3.63, 3.8) is 0 Å². The van der Waals surface area contributed by atoms with Gasteiger partial charge >= 0.3 is 0 Å². The minimum Gasteiger partial charge on any atom is -0.444 e. The fourth-order valence-electron chi connectivity index (χ4n) is 8.34. The Morgan fingerprint density at radius 2 is 1.71 bits per heavy atom. The Kier molecular flexibility index (Phi) is 13.9. The fourth-order valence-corrected chi connectivity index (χ4v) is 8.34. The maximum absolute atomic E-state index is 13.5. The number of hydrogen-bond donors (Lipinski definition) is 5. The first-order chi connectivity index (χ1) is 33.1. The molecule has 2 saturated heterocycles. The van der Waals surface area contributed by atoms with Crippen LogP contribution in [0.25, 0.3) is 17.1 Å². The number of carbonyl (C=O) groups is 6. The van der Waals surface area contributed by atoms with Gasteiger partial charge in [-0.05, 0) is 67.1 Å². The van der Waals surface area contributed by atoms with Crippen LogP contribution in [0.2, 0.25) is 0 Å². The van der Waals surface area contributed by atoms with Gasteiger partial charge in [-0.25, -0.2) is 14.6 Å². The van der Waals surface area contributed by atoms with Crippen molar-refractivity contribution in [3.8, 4) is 17.1 Å². The number of hydrogen-bond acceptors (Lipinski definition) is 16. The summed E-state index contributed by atoms with van der Waals surface area (Å²) in [4.78, 5) is 90.5. The predicted octanol–water partition coefficient (Wildman–Crippen LogP) is 2.44. The van der Waals surface area contributed by atoms with Gasteiger partial charge in [0.25, 0.3) is 23.6 Å². The molecule has 4 aliphatic rings. The summed E-state index contributed by atoms with van der Waals surface area (Å²) in [6.07, 6.45) is 7.04. The summed E-state index contributed by atoms with van der Waals surface area (Å²) in [5.74, 6) is -1.81. The number of oxazole rings is 1. The average molecular weight is 929 g/mol. The topological polar surface area (TPSA) is 261 Å². The Bertz CT molecular complexity index is 2690. The molecule has 21 nitrogen and oxygen atoms in total. The molecule has 3 aliphatic heterocycles. The Labute approximate surface area is 390 Å². The molecule has 68 heavy (non-hydrogen) atoms. The van der Waals surface area contributed by atoms with E-state index in [1.807, 2.05) is 36.4 Å². The van der Waals surface area contributed by atoms with Crippen LogP contribution in [0.15, 0.2) is 77.7 Å². The summed E-state index contributed by atoms with van der Waals surface area (Å²) >= 11 is 0. The molecule has 6 heterocycles. The SMILES string of the molecule is NC(=O)c1nn(-c2ccc(CNCCOCCOCCN3CCN(c4cccc5c4C(=O)N(C4CCC(=O)NC4=O)C5=O)CC3)cc2)cc1NC(=O)c1coc(-c2ccnc(NCC3CC3)c2)n1. The third kappa shape index (κ3) is 10.6. The number of aromatic nitrogens is 4. The zero-order chi connectivity index (χ0) is 47.1. The number of nitrogens with zero attached hydrogens (tertiary/aromatic N) is 7. The highest BCUT2D eigenvalue weighted by molar-refractivity contribution is 6.25. The van der Waals surface area contributed by atoms with E-state index in [1.165, 1.54) is 30.0 Å². The van der Waals surface area contributed by atoms with Crippen molar-refractivity contribution < 1.29 is 42.7 Å². The van der Waals surface area contributed by atoms with Crippen molar-refractivity contribution in [2.75, 3.05) is 87.8 Å². The summed E-state index contributed by atoms with van der Waals surface area (Å²) < 4.78 is 18.7. The molecule has 0 spiro atoms. The summed E-state index contributed by atoms with van der Waals surface area (Å²) in [7, 11) is 0. The molecule has 1 aliphatic carbocycles. The Morgan fingerprint density at radius 3 is 2.47 bits per heavy atom. The van der Waals surface area contributed by atoms with E-state index in [4.69, 9.17) is 19.6 Å². The highest BCUT2D eigenvalue weighted by Gasteiger charge is 2.46. The van der Waals surface area contributed by atoms with Gasteiger partial charge in [-0.1, -0.05) is 18.2 Å². The van der Waals surface area contributed by atoms with E-state index >= 15 is 0 Å². The summed E-state index contributed by atoms with van der Waals surface area (Å²) in [6.45, 7) is 7.58. The van der Waals surface area contributed by atoms with Gasteiger partial charge in [0.2, 0.25) is 17.7 Å². The Balaban J connectivity index is 0.652. The van der Waals surface area contributed by atoms with Crippen LogP contribution in [0.4, 0.5) is 17.2 Å². The number of anilines is 3. The summed E-state index contributed by atoms with van der Waals surface area (Å²) in [5.41, 5.74) is 9.26. The number of rotatable bonds is 21. The standard InChI is InChI=1S/C47H52N12O9/c48-42(61)41-34(52-43(62)35-28-68-45(53-35)31-12-13-50-38(24-31)51-26-30-4-5-30)27-58(55-41)32-8-6-29(7-9-32)25-49-14-20-66-22-23-67-21-19-56-15-17-57(18-16-56)36-3-1-2-33-40(36)47(65)59(46(33)64)37-10-11-39(60)54-44(37)63/h1-3,6-9,12-13,24,27-28,30,37,49H,4-5,10-11,14-23,25-26H2,(H2,48,61)(H,50,51)(H,52,62)(H,54,60,63). The van der Waals surface area contributed by atoms with Crippen LogP contribution in [0.5, 0.6) is 0 Å². The highest BCUT2D eigenvalue weighted by atomic mass is 16.5. The molecule has 9 rings (SSSR count). The number of imide groups is 2. The van der Waals surface area contributed by atoms with Gasteiger partial charge in [-0.15, -0.1) is 0 Å². The lowest BCUT2D eigenvalue weighted by atomic mass is 10.0. The number of fused-ring (bicyclic) bond motifs is 1. The van der Waals surface area contributed by atoms with E-state index < -0.39 is 41.5 Å². The van der Waals surface area contributed by atoms with Crippen LogP contribution < -0.4 is 31.9 Å². The Hall–Kier alpha value is -7.33. The van der Waals surface area contributed by atoms with Gasteiger partial charge < -0.3 is 40.5 Å². The van der Waals surface area contributed by atoms with Crippen LogP contribution >= 0.6 is 0 Å². The van der Waals surface area contributed by atoms with Crippen LogP contribution in [-0.4, -0.2) is 143 Å². The van der Waals surface area contributed by atoms with Crippen LogP contribution in [0.3, 0.4) is 0 Å². The van der Waals surface area contributed by atoms with Crippen LogP contribution in [-0.2, 0) is 25.6 Å². The predicted molar refractivity (Wildman–Crippen MR) is 246 cm³/mol. The third-order valence-electron chi connectivity index (χ3n) is 12.2. The first-order valence-electron chi connectivity index (χ1n) is 22.7. The lowest BCUT2D eigenvalue weighted by molar-refractivity contribution is -0.136. The number of primary amides is 1. The lowest BCUT2D eigenvalue weighted by Crippen LogP contribution is -2.54. The molecule has 1 saturated carbocycles.